The van der Waals surface area contributed by atoms with Gasteiger partial charge in [0.15, 0.2) is 5.65 Å². The lowest BCUT2D eigenvalue weighted by molar-refractivity contribution is -0.00232. The van der Waals surface area contributed by atoms with Crippen LogP contribution in [0.4, 0.5) is 10.5 Å². The standard InChI is InChI=1S/C18H27N5O2/c1-12-6-4-5-7-16(12)25-9-8-19-18(24)21-14-10-15-13(2)22-23(3)17(15)20-11-14/h10-12,16H,4-9H2,1-3H3,(H2,19,21,24)/t12-,16+/m0/s1. The zero-order chi connectivity index (χ0) is 17.8. The van der Waals surface area contributed by atoms with Gasteiger partial charge in [0, 0.05) is 19.0 Å². The van der Waals surface area contributed by atoms with Gasteiger partial charge in [-0.2, -0.15) is 5.10 Å². The van der Waals surface area contributed by atoms with Crippen LogP contribution < -0.4 is 10.6 Å². The third kappa shape index (κ3) is 4.28. The maximum Gasteiger partial charge on any atom is 0.319 e. The molecule has 0 unspecified atom stereocenters. The van der Waals surface area contributed by atoms with Crippen LogP contribution in [0.25, 0.3) is 11.0 Å². The third-order valence-electron chi connectivity index (χ3n) is 4.87. The molecule has 2 aromatic heterocycles. The predicted molar refractivity (Wildman–Crippen MR) is 97.6 cm³/mol. The molecule has 3 rings (SSSR count). The van der Waals surface area contributed by atoms with Crippen LogP contribution in [0.3, 0.4) is 0 Å². The summed E-state index contributed by atoms with van der Waals surface area (Å²) < 4.78 is 7.64. The molecule has 0 aliphatic heterocycles. The topological polar surface area (TPSA) is 81.1 Å². The Bertz CT molecular complexity index is 742. The Morgan fingerprint density at radius 2 is 2.20 bits per heavy atom. The Balaban J connectivity index is 1.45. The molecular weight excluding hydrogens is 318 g/mol. The number of aryl methyl sites for hydroxylation is 2. The smallest absolute Gasteiger partial charge is 0.319 e. The van der Waals surface area contributed by atoms with E-state index >= 15 is 0 Å². The second-order valence-corrected chi connectivity index (χ2v) is 6.86. The van der Waals surface area contributed by atoms with Crippen LogP contribution in [0.2, 0.25) is 0 Å². The predicted octanol–water partition coefficient (Wildman–Crippen LogP) is 2.99. The van der Waals surface area contributed by atoms with E-state index in [2.05, 4.69) is 27.6 Å². The fourth-order valence-corrected chi connectivity index (χ4v) is 3.46. The van der Waals surface area contributed by atoms with Gasteiger partial charge in [-0.05, 0) is 31.7 Å². The normalized spacial score (nSPS) is 20.6. The summed E-state index contributed by atoms with van der Waals surface area (Å²) in [5.41, 5.74) is 2.35. The lowest BCUT2D eigenvalue weighted by Gasteiger charge is -2.28. The Hall–Kier alpha value is -2.15. The second kappa shape index (κ2) is 7.82. The molecule has 1 aliphatic carbocycles. The van der Waals surface area contributed by atoms with Crippen molar-refractivity contribution >= 4 is 22.8 Å². The summed E-state index contributed by atoms with van der Waals surface area (Å²) in [7, 11) is 1.86. The molecule has 1 fully saturated rings. The summed E-state index contributed by atoms with van der Waals surface area (Å²) in [5, 5.41) is 10.9. The number of hydrogen-bond donors (Lipinski definition) is 2. The minimum atomic E-state index is -0.247. The monoisotopic (exact) mass is 345 g/mol. The maximum absolute atomic E-state index is 12.0. The highest BCUT2D eigenvalue weighted by Gasteiger charge is 2.21. The second-order valence-electron chi connectivity index (χ2n) is 6.86. The van der Waals surface area contributed by atoms with E-state index in [1.165, 1.54) is 19.3 Å². The fourth-order valence-electron chi connectivity index (χ4n) is 3.46. The average Bonchev–Trinajstić information content (AvgIpc) is 2.87. The number of rotatable bonds is 5. The molecule has 2 heterocycles. The molecule has 0 radical (unpaired) electrons. The molecule has 0 spiro atoms. The largest absolute Gasteiger partial charge is 0.376 e. The van der Waals surface area contributed by atoms with Gasteiger partial charge < -0.3 is 15.4 Å². The number of aromatic nitrogens is 3. The Morgan fingerprint density at radius 3 is 3.00 bits per heavy atom. The molecule has 2 amide bonds. The Kier molecular flexibility index (Phi) is 5.53. The van der Waals surface area contributed by atoms with Crippen LogP contribution in [-0.4, -0.2) is 40.1 Å². The summed E-state index contributed by atoms with van der Waals surface area (Å²) in [4.78, 5) is 16.4. The molecule has 25 heavy (non-hydrogen) atoms. The molecule has 0 bridgehead atoms. The van der Waals surface area contributed by atoms with Gasteiger partial charge in [-0.25, -0.2) is 9.78 Å². The quantitative estimate of drug-likeness (QED) is 0.816. The molecule has 2 aromatic rings. The van der Waals surface area contributed by atoms with E-state index in [0.29, 0.717) is 30.9 Å². The van der Waals surface area contributed by atoms with Crippen LogP contribution in [0, 0.1) is 12.8 Å². The van der Waals surface area contributed by atoms with Crippen molar-refractivity contribution in [2.75, 3.05) is 18.5 Å². The van der Waals surface area contributed by atoms with Gasteiger partial charge in [0.1, 0.15) is 0 Å². The molecule has 2 N–H and O–H groups in total. The molecule has 0 aromatic carbocycles. The summed E-state index contributed by atoms with van der Waals surface area (Å²) in [6.07, 6.45) is 6.88. The zero-order valence-electron chi connectivity index (χ0n) is 15.2. The van der Waals surface area contributed by atoms with Gasteiger partial charge >= 0.3 is 6.03 Å². The lowest BCUT2D eigenvalue weighted by Crippen LogP contribution is -2.34. The summed E-state index contributed by atoms with van der Waals surface area (Å²) in [6.45, 7) is 5.21. The molecule has 7 nitrogen and oxygen atoms in total. The van der Waals surface area contributed by atoms with Crippen molar-refractivity contribution in [2.24, 2.45) is 13.0 Å². The van der Waals surface area contributed by atoms with Gasteiger partial charge in [-0.3, -0.25) is 4.68 Å². The van der Waals surface area contributed by atoms with Gasteiger partial charge in [-0.1, -0.05) is 19.8 Å². The van der Waals surface area contributed by atoms with E-state index in [1.807, 2.05) is 20.0 Å². The van der Waals surface area contributed by atoms with E-state index in [4.69, 9.17) is 4.74 Å². The van der Waals surface area contributed by atoms with E-state index in [1.54, 1.807) is 10.9 Å². The number of carbonyl (C=O) groups excluding carboxylic acids is 1. The first kappa shape index (κ1) is 17.7. The van der Waals surface area contributed by atoms with Crippen molar-refractivity contribution in [1.29, 1.82) is 0 Å². The zero-order valence-corrected chi connectivity index (χ0v) is 15.2. The molecule has 1 saturated carbocycles. The molecule has 136 valence electrons. The number of hydrogen-bond acceptors (Lipinski definition) is 4. The number of fused-ring (bicyclic) bond motifs is 1. The third-order valence-corrected chi connectivity index (χ3v) is 4.87. The molecule has 0 saturated heterocycles. The Morgan fingerprint density at radius 1 is 1.40 bits per heavy atom. The molecule has 1 aliphatic rings. The first-order valence-electron chi connectivity index (χ1n) is 9.00. The van der Waals surface area contributed by atoms with Crippen LogP contribution >= 0.6 is 0 Å². The minimum Gasteiger partial charge on any atom is -0.376 e. The van der Waals surface area contributed by atoms with Crippen molar-refractivity contribution in [3.63, 3.8) is 0 Å². The van der Waals surface area contributed by atoms with Gasteiger partial charge in [0.25, 0.3) is 0 Å². The van der Waals surface area contributed by atoms with Crippen molar-refractivity contribution < 1.29 is 9.53 Å². The maximum atomic E-state index is 12.0. The number of carbonyl (C=O) groups is 1. The summed E-state index contributed by atoms with van der Waals surface area (Å²) >= 11 is 0. The lowest BCUT2D eigenvalue weighted by atomic mass is 9.88. The van der Waals surface area contributed by atoms with Crippen molar-refractivity contribution in [1.82, 2.24) is 20.1 Å². The number of nitrogens with zero attached hydrogens (tertiary/aromatic N) is 3. The van der Waals surface area contributed by atoms with Crippen molar-refractivity contribution in [3.8, 4) is 0 Å². The number of anilines is 1. The van der Waals surface area contributed by atoms with Gasteiger partial charge in [-0.15, -0.1) is 0 Å². The van der Waals surface area contributed by atoms with Crippen molar-refractivity contribution in [2.45, 2.75) is 45.6 Å². The molecule has 7 heteroatoms. The number of nitrogens with one attached hydrogen (secondary N) is 2. The minimum absolute atomic E-state index is 0.247. The van der Waals surface area contributed by atoms with Crippen LogP contribution in [0.5, 0.6) is 0 Å². The number of urea groups is 1. The van der Waals surface area contributed by atoms with Crippen molar-refractivity contribution in [3.05, 3.63) is 18.0 Å². The highest BCUT2D eigenvalue weighted by Crippen LogP contribution is 2.26. The highest BCUT2D eigenvalue weighted by molar-refractivity contribution is 5.91. The number of ether oxygens (including phenoxy) is 1. The van der Waals surface area contributed by atoms with E-state index in [9.17, 15) is 4.79 Å². The Labute approximate surface area is 148 Å². The van der Waals surface area contributed by atoms with Gasteiger partial charge in [0.05, 0.1) is 30.3 Å². The van der Waals surface area contributed by atoms with E-state index < -0.39 is 0 Å². The first-order chi connectivity index (χ1) is 12.0. The van der Waals surface area contributed by atoms with E-state index in [-0.39, 0.29) is 6.03 Å². The molecule has 2 atom stereocenters. The molecular formula is C18H27N5O2. The van der Waals surface area contributed by atoms with Crippen LogP contribution in [-0.2, 0) is 11.8 Å². The van der Waals surface area contributed by atoms with Gasteiger partial charge in [0.2, 0.25) is 0 Å². The van der Waals surface area contributed by atoms with Crippen LogP contribution in [0.15, 0.2) is 12.3 Å². The number of amides is 2. The van der Waals surface area contributed by atoms with E-state index in [0.717, 1.165) is 23.1 Å². The van der Waals surface area contributed by atoms with Crippen LogP contribution in [0.1, 0.15) is 38.3 Å². The summed E-state index contributed by atoms with van der Waals surface area (Å²) in [5.74, 6) is 0.614. The average molecular weight is 345 g/mol. The summed E-state index contributed by atoms with van der Waals surface area (Å²) in [6, 6.07) is 1.65. The highest BCUT2D eigenvalue weighted by atomic mass is 16.5. The first-order valence-corrected chi connectivity index (χ1v) is 9.00. The number of pyridine rings is 1. The SMILES string of the molecule is Cc1nn(C)c2ncc(NC(=O)NCCO[C@@H]3CCCC[C@@H]3C)cc12. The fraction of sp³-hybridized carbons (Fsp3) is 0.611.